The van der Waals surface area contributed by atoms with Crippen molar-refractivity contribution in [2.45, 2.75) is 11.5 Å². The Labute approximate surface area is 121 Å². The van der Waals surface area contributed by atoms with Gasteiger partial charge in [0.05, 0.1) is 5.75 Å². The van der Waals surface area contributed by atoms with Crippen molar-refractivity contribution in [2.75, 3.05) is 0 Å². The van der Waals surface area contributed by atoms with Crippen LogP contribution in [0.2, 0.25) is 5.02 Å². The summed E-state index contributed by atoms with van der Waals surface area (Å²) in [6.07, 6.45) is 0. The average Bonchev–Trinajstić information content (AvgIpc) is 2.83. The van der Waals surface area contributed by atoms with Crippen LogP contribution in [0.25, 0.3) is 11.0 Å². The molecule has 0 aliphatic rings. The molecule has 1 aromatic heterocycles. The first-order valence-electron chi connectivity index (χ1n) is 6.13. The summed E-state index contributed by atoms with van der Waals surface area (Å²) in [5.74, 6) is 2.97. The minimum atomic E-state index is 0.843. The number of hydrogen-bond acceptors (Lipinski definition) is 1. The lowest BCUT2D eigenvalue weighted by Gasteiger charge is -2.01. The lowest BCUT2D eigenvalue weighted by atomic mass is 10.2. The molecule has 0 fully saturated rings. The SMILES string of the molecule is Clc1ccccc1CSCc1[nH]c2ccccc2[nH+]1. The molecule has 2 nitrogen and oxygen atoms in total. The molecule has 0 unspecified atom stereocenters. The fourth-order valence-electron chi connectivity index (χ4n) is 2.01. The van der Waals surface area contributed by atoms with E-state index >= 15 is 0 Å². The fourth-order valence-corrected chi connectivity index (χ4v) is 3.21. The van der Waals surface area contributed by atoms with Gasteiger partial charge in [-0.25, -0.2) is 9.97 Å². The average molecular weight is 290 g/mol. The molecule has 19 heavy (non-hydrogen) atoms. The number of imidazole rings is 1. The van der Waals surface area contributed by atoms with Gasteiger partial charge in [-0.3, -0.25) is 0 Å². The summed E-state index contributed by atoms with van der Waals surface area (Å²) in [6.45, 7) is 0. The van der Waals surface area contributed by atoms with Crippen molar-refractivity contribution < 1.29 is 4.98 Å². The molecule has 4 heteroatoms. The van der Waals surface area contributed by atoms with Gasteiger partial charge in [0, 0.05) is 10.8 Å². The van der Waals surface area contributed by atoms with Gasteiger partial charge in [0.25, 0.3) is 5.82 Å². The lowest BCUT2D eigenvalue weighted by Crippen LogP contribution is -2.05. The van der Waals surface area contributed by atoms with Crippen LogP contribution < -0.4 is 4.98 Å². The van der Waals surface area contributed by atoms with E-state index in [0.717, 1.165) is 33.4 Å². The van der Waals surface area contributed by atoms with E-state index in [-0.39, 0.29) is 0 Å². The van der Waals surface area contributed by atoms with Crippen LogP contribution >= 0.6 is 23.4 Å². The quantitative estimate of drug-likeness (QED) is 0.771. The second-order valence-corrected chi connectivity index (χ2v) is 5.75. The molecule has 0 atom stereocenters. The van der Waals surface area contributed by atoms with Gasteiger partial charge >= 0.3 is 0 Å². The van der Waals surface area contributed by atoms with Crippen molar-refractivity contribution in [2.24, 2.45) is 0 Å². The number of fused-ring (bicyclic) bond motifs is 1. The van der Waals surface area contributed by atoms with Crippen LogP contribution in [0.15, 0.2) is 48.5 Å². The molecule has 0 bridgehead atoms. The maximum Gasteiger partial charge on any atom is 0.263 e. The summed E-state index contributed by atoms with van der Waals surface area (Å²) < 4.78 is 0. The molecule has 0 saturated carbocycles. The molecule has 0 saturated heterocycles. The Balaban J connectivity index is 1.65. The first-order valence-corrected chi connectivity index (χ1v) is 7.66. The van der Waals surface area contributed by atoms with E-state index in [2.05, 4.69) is 28.2 Å². The molecule has 0 spiro atoms. The van der Waals surface area contributed by atoms with Crippen LogP contribution in [-0.4, -0.2) is 4.98 Å². The van der Waals surface area contributed by atoms with Crippen LogP contribution in [0.5, 0.6) is 0 Å². The predicted molar refractivity (Wildman–Crippen MR) is 81.3 cm³/mol. The third kappa shape index (κ3) is 2.94. The van der Waals surface area contributed by atoms with Crippen molar-refractivity contribution in [3.63, 3.8) is 0 Å². The molecule has 3 aromatic rings. The number of nitrogens with one attached hydrogen (secondary N) is 2. The zero-order valence-corrected chi connectivity index (χ0v) is 11.9. The summed E-state index contributed by atoms with van der Waals surface area (Å²) in [6, 6.07) is 16.2. The van der Waals surface area contributed by atoms with Gasteiger partial charge in [-0.15, -0.1) is 11.8 Å². The summed E-state index contributed by atoms with van der Waals surface area (Å²) in [7, 11) is 0. The number of halogens is 1. The van der Waals surface area contributed by atoms with Crippen LogP contribution in [0.1, 0.15) is 11.4 Å². The topological polar surface area (TPSA) is 29.9 Å². The van der Waals surface area contributed by atoms with Crippen LogP contribution in [0, 0.1) is 0 Å². The van der Waals surface area contributed by atoms with E-state index < -0.39 is 0 Å². The summed E-state index contributed by atoms with van der Waals surface area (Å²) in [5, 5.41) is 0.843. The zero-order chi connectivity index (χ0) is 13.1. The van der Waals surface area contributed by atoms with Crippen LogP contribution in [0.3, 0.4) is 0 Å². The van der Waals surface area contributed by atoms with Crippen molar-refractivity contribution in [1.29, 1.82) is 0 Å². The summed E-state index contributed by atoms with van der Waals surface area (Å²) in [5.41, 5.74) is 3.48. The Hall–Kier alpha value is -1.45. The fraction of sp³-hybridized carbons (Fsp3) is 0.133. The Bertz CT molecular complexity index is 660. The first kappa shape index (κ1) is 12.6. The molecule has 0 radical (unpaired) electrons. The van der Waals surface area contributed by atoms with E-state index in [1.807, 2.05) is 42.1 Å². The van der Waals surface area contributed by atoms with Gasteiger partial charge in [0.15, 0.2) is 11.0 Å². The van der Waals surface area contributed by atoms with E-state index in [1.54, 1.807) is 0 Å². The largest absolute Gasteiger partial charge is 0.263 e. The third-order valence-corrected chi connectivity index (χ3v) is 4.34. The normalized spacial score (nSPS) is 11.0. The second kappa shape index (κ2) is 5.68. The van der Waals surface area contributed by atoms with Crippen molar-refractivity contribution in [1.82, 2.24) is 4.98 Å². The maximum atomic E-state index is 6.14. The van der Waals surface area contributed by atoms with E-state index in [4.69, 9.17) is 11.6 Å². The van der Waals surface area contributed by atoms with Crippen LogP contribution in [0.4, 0.5) is 0 Å². The number of aromatic amines is 2. The highest BCUT2D eigenvalue weighted by atomic mass is 35.5. The number of aromatic nitrogens is 2. The van der Waals surface area contributed by atoms with E-state index in [1.165, 1.54) is 5.56 Å². The molecule has 2 aromatic carbocycles. The highest BCUT2D eigenvalue weighted by Gasteiger charge is 2.09. The highest BCUT2D eigenvalue weighted by Crippen LogP contribution is 2.22. The van der Waals surface area contributed by atoms with E-state index in [9.17, 15) is 0 Å². The number of para-hydroxylation sites is 2. The van der Waals surface area contributed by atoms with Crippen molar-refractivity contribution >= 4 is 34.4 Å². The van der Waals surface area contributed by atoms with Crippen molar-refractivity contribution in [3.05, 3.63) is 64.9 Å². The monoisotopic (exact) mass is 289 g/mol. The van der Waals surface area contributed by atoms with Gasteiger partial charge in [0.1, 0.15) is 0 Å². The Morgan fingerprint density at radius 1 is 1.00 bits per heavy atom. The predicted octanol–water partition coefficient (Wildman–Crippen LogP) is 4.07. The minimum absolute atomic E-state index is 0.843. The number of thioether (sulfide) groups is 1. The highest BCUT2D eigenvalue weighted by molar-refractivity contribution is 7.97. The van der Waals surface area contributed by atoms with E-state index in [0.29, 0.717) is 0 Å². The van der Waals surface area contributed by atoms with Crippen LogP contribution in [-0.2, 0) is 11.5 Å². The minimum Gasteiger partial charge on any atom is -0.240 e. The number of benzene rings is 2. The zero-order valence-electron chi connectivity index (χ0n) is 10.3. The third-order valence-electron chi connectivity index (χ3n) is 2.96. The van der Waals surface area contributed by atoms with Gasteiger partial charge in [-0.1, -0.05) is 41.9 Å². The number of hydrogen-bond donors (Lipinski definition) is 1. The molecule has 1 heterocycles. The molecule has 3 rings (SSSR count). The smallest absolute Gasteiger partial charge is 0.240 e. The van der Waals surface area contributed by atoms with Gasteiger partial charge in [0.2, 0.25) is 0 Å². The molecular formula is C15H14ClN2S+. The summed E-state index contributed by atoms with van der Waals surface area (Å²) >= 11 is 7.98. The van der Waals surface area contributed by atoms with Crippen molar-refractivity contribution in [3.8, 4) is 0 Å². The maximum absolute atomic E-state index is 6.14. The molecule has 96 valence electrons. The second-order valence-electron chi connectivity index (χ2n) is 4.36. The Morgan fingerprint density at radius 3 is 2.63 bits per heavy atom. The molecule has 0 amide bonds. The summed E-state index contributed by atoms with van der Waals surface area (Å²) in [4.78, 5) is 6.77. The molecule has 0 aliphatic heterocycles. The molecule has 2 N–H and O–H groups in total. The standard InChI is InChI=1S/C15H13ClN2S/c16-12-6-2-1-5-11(12)9-19-10-15-17-13-7-3-4-8-14(13)18-15/h1-8H,9-10H2,(H,17,18)/p+1. The lowest BCUT2D eigenvalue weighted by molar-refractivity contribution is -0.355. The number of rotatable bonds is 4. The molecule has 0 aliphatic carbocycles. The van der Waals surface area contributed by atoms with Gasteiger partial charge in [-0.2, -0.15) is 0 Å². The first-order chi connectivity index (χ1) is 9.33. The van der Waals surface area contributed by atoms with Gasteiger partial charge in [-0.05, 0) is 23.8 Å². The molecular weight excluding hydrogens is 276 g/mol. The Kier molecular flexibility index (Phi) is 3.76. The van der Waals surface area contributed by atoms with Gasteiger partial charge < -0.3 is 0 Å². The number of H-pyrrole nitrogens is 2. The Morgan fingerprint density at radius 2 is 1.79 bits per heavy atom.